The number of ketones is 1. The van der Waals surface area contributed by atoms with E-state index in [1.54, 1.807) is 18.3 Å². The predicted octanol–water partition coefficient (Wildman–Crippen LogP) is 3.39. The molecule has 2 heterocycles. The van der Waals surface area contributed by atoms with Crippen LogP contribution in [-0.4, -0.2) is 36.5 Å². The van der Waals surface area contributed by atoms with Crippen molar-refractivity contribution < 1.29 is 9.53 Å². The topological polar surface area (TPSA) is 29.5 Å². The Labute approximate surface area is 135 Å². The number of ether oxygens (including phenoxy) is 1. The van der Waals surface area contributed by atoms with Crippen molar-refractivity contribution in [3.63, 3.8) is 0 Å². The second kappa shape index (κ2) is 7.18. The molecule has 0 N–H and O–H groups in total. The van der Waals surface area contributed by atoms with E-state index >= 15 is 0 Å². The first kappa shape index (κ1) is 15.4. The van der Waals surface area contributed by atoms with Crippen LogP contribution >= 0.6 is 11.3 Å². The maximum absolute atomic E-state index is 11.4. The Morgan fingerprint density at radius 3 is 2.86 bits per heavy atom. The fourth-order valence-electron chi connectivity index (χ4n) is 2.83. The summed E-state index contributed by atoms with van der Waals surface area (Å²) in [5.74, 6) is 0.153. The average molecular weight is 315 g/mol. The van der Waals surface area contributed by atoms with E-state index in [1.165, 1.54) is 11.1 Å². The van der Waals surface area contributed by atoms with Gasteiger partial charge in [0.15, 0.2) is 5.78 Å². The Morgan fingerprint density at radius 1 is 1.32 bits per heavy atom. The second-order valence-electron chi connectivity index (χ2n) is 5.79. The van der Waals surface area contributed by atoms with Crippen LogP contribution in [0.25, 0.3) is 0 Å². The van der Waals surface area contributed by atoms with Gasteiger partial charge in [-0.3, -0.25) is 9.69 Å². The van der Waals surface area contributed by atoms with Crippen LogP contribution in [0.2, 0.25) is 0 Å². The van der Waals surface area contributed by atoms with Gasteiger partial charge in [0.2, 0.25) is 0 Å². The van der Waals surface area contributed by atoms with Crippen LogP contribution in [0, 0.1) is 0 Å². The van der Waals surface area contributed by atoms with Gasteiger partial charge in [0.1, 0.15) is 0 Å². The summed E-state index contributed by atoms with van der Waals surface area (Å²) in [7, 11) is 0. The smallest absolute Gasteiger partial charge is 0.169 e. The highest BCUT2D eigenvalue weighted by Crippen LogP contribution is 2.19. The minimum atomic E-state index is 0.153. The van der Waals surface area contributed by atoms with Crippen molar-refractivity contribution in [3.8, 4) is 0 Å². The third-order valence-corrected chi connectivity index (χ3v) is 5.02. The minimum absolute atomic E-state index is 0.153. The molecule has 1 atom stereocenters. The highest BCUT2D eigenvalue weighted by molar-refractivity contribution is 7.12. The number of thiophene rings is 1. The van der Waals surface area contributed by atoms with Crippen molar-refractivity contribution in [3.05, 3.63) is 57.8 Å². The van der Waals surface area contributed by atoms with Gasteiger partial charge >= 0.3 is 0 Å². The van der Waals surface area contributed by atoms with Crippen LogP contribution < -0.4 is 0 Å². The van der Waals surface area contributed by atoms with E-state index in [9.17, 15) is 4.79 Å². The van der Waals surface area contributed by atoms with Crippen molar-refractivity contribution in [2.75, 3.05) is 19.7 Å². The van der Waals surface area contributed by atoms with E-state index in [-0.39, 0.29) is 11.9 Å². The van der Waals surface area contributed by atoms with Gasteiger partial charge in [-0.25, -0.2) is 0 Å². The normalized spacial score (nSPS) is 19.2. The number of morpholine rings is 1. The summed E-state index contributed by atoms with van der Waals surface area (Å²) >= 11 is 1.54. The molecule has 0 aliphatic carbocycles. The molecule has 116 valence electrons. The van der Waals surface area contributed by atoms with Crippen LogP contribution in [0.1, 0.15) is 27.7 Å². The standard InChI is InChI=1S/C18H21NO2S/c1-14(20)18-10-16(13-22-18)11-19-7-8-21-17(12-19)9-15-5-3-2-4-6-15/h2-6,10,13,17H,7-9,11-12H2,1H3/t17-/m1/s1. The predicted molar refractivity (Wildman–Crippen MR) is 89.5 cm³/mol. The molecule has 3 rings (SSSR count). The van der Waals surface area contributed by atoms with Crippen LogP contribution in [0.5, 0.6) is 0 Å². The Morgan fingerprint density at radius 2 is 2.14 bits per heavy atom. The van der Waals surface area contributed by atoms with E-state index < -0.39 is 0 Å². The Bertz CT molecular complexity index is 623. The minimum Gasteiger partial charge on any atom is -0.375 e. The molecular formula is C18H21NO2S. The SMILES string of the molecule is CC(=O)c1cc(CN2CCO[C@H](Cc3ccccc3)C2)cs1. The third kappa shape index (κ3) is 4.03. The van der Waals surface area contributed by atoms with Gasteiger partial charge in [0.25, 0.3) is 0 Å². The Hall–Kier alpha value is -1.49. The number of Topliss-reactive ketones (excluding diaryl/α,β-unsaturated/α-hetero) is 1. The highest BCUT2D eigenvalue weighted by Gasteiger charge is 2.21. The van der Waals surface area contributed by atoms with Crippen LogP contribution in [0.15, 0.2) is 41.8 Å². The maximum Gasteiger partial charge on any atom is 0.169 e. The van der Waals surface area contributed by atoms with Crippen molar-refractivity contribution in [2.45, 2.75) is 26.0 Å². The maximum atomic E-state index is 11.4. The lowest BCUT2D eigenvalue weighted by atomic mass is 10.1. The summed E-state index contributed by atoms with van der Waals surface area (Å²) in [6.45, 7) is 5.20. The molecule has 3 nitrogen and oxygen atoms in total. The van der Waals surface area contributed by atoms with Gasteiger partial charge in [-0.2, -0.15) is 0 Å². The summed E-state index contributed by atoms with van der Waals surface area (Å²) in [4.78, 5) is 14.7. The van der Waals surface area contributed by atoms with E-state index in [0.29, 0.717) is 0 Å². The zero-order chi connectivity index (χ0) is 15.4. The highest BCUT2D eigenvalue weighted by atomic mass is 32.1. The van der Waals surface area contributed by atoms with Gasteiger partial charge in [0, 0.05) is 19.6 Å². The van der Waals surface area contributed by atoms with Gasteiger partial charge in [-0.05, 0) is 35.9 Å². The first-order chi connectivity index (χ1) is 10.7. The lowest BCUT2D eigenvalue weighted by Crippen LogP contribution is -2.42. The lowest BCUT2D eigenvalue weighted by Gasteiger charge is -2.32. The average Bonchev–Trinajstić information content (AvgIpc) is 2.97. The number of carbonyl (C=O) groups is 1. The third-order valence-electron chi connectivity index (χ3n) is 3.94. The number of hydrogen-bond donors (Lipinski definition) is 0. The molecule has 2 aromatic rings. The molecule has 1 aliphatic rings. The second-order valence-corrected chi connectivity index (χ2v) is 6.70. The Balaban J connectivity index is 1.57. The zero-order valence-corrected chi connectivity index (χ0v) is 13.6. The molecule has 0 saturated carbocycles. The molecule has 1 saturated heterocycles. The quantitative estimate of drug-likeness (QED) is 0.792. The van der Waals surface area contributed by atoms with Crippen molar-refractivity contribution in [1.82, 2.24) is 4.90 Å². The molecule has 0 bridgehead atoms. The molecule has 1 fully saturated rings. The first-order valence-electron chi connectivity index (χ1n) is 7.67. The molecular weight excluding hydrogens is 294 g/mol. The van der Waals surface area contributed by atoms with E-state index in [1.807, 2.05) is 12.1 Å². The van der Waals surface area contributed by atoms with Crippen molar-refractivity contribution >= 4 is 17.1 Å². The number of benzene rings is 1. The van der Waals surface area contributed by atoms with E-state index in [0.717, 1.165) is 37.5 Å². The van der Waals surface area contributed by atoms with Gasteiger partial charge in [-0.15, -0.1) is 11.3 Å². The lowest BCUT2D eigenvalue weighted by molar-refractivity contribution is -0.0304. The molecule has 0 unspecified atom stereocenters. The van der Waals surface area contributed by atoms with E-state index in [2.05, 4.69) is 34.5 Å². The molecule has 4 heteroatoms. The summed E-state index contributed by atoms with van der Waals surface area (Å²) < 4.78 is 5.90. The number of rotatable bonds is 5. The molecule has 22 heavy (non-hydrogen) atoms. The first-order valence-corrected chi connectivity index (χ1v) is 8.55. The van der Waals surface area contributed by atoms with Crippen molar-refractivity contribution in [2.24, 2.45) is 0 Å². The molecule has 1 aromatic carbocycles. The molecule has 1 aromatic heterocycles. The number of hydrogen-bond acceptors (Lipinski definition) is 4. The number of carbonyl (C=O) groups excluding carboxylic acids is 1. The molecule has 1 aliphatic heterocycles. The number of nitrogens with zero attached hydrogens (tertiary/aromatic N) is 1. The fourth-order valence-corrected chi connectivity index (χ4v) is 3.63. The van der Waals surface area contributed by atoms with Gasteiger partial charge in [0.05, 0.1) is 17.6 Å². The Kier molecular flexibility index (Phi) is 5.03. The summed E-state index contributed by atoms with van der Waals surface area (Å²) in [5, 5.41) is 2.10. The fraction of sp³-hybridized carbons (Fsp3) is 0.389. The monoisotopic (exact) mass is 315 g/mol. The molecule has 0 amide bonds. The summed E-state index contributed by atoms with van der Waals surface area (Å²) in [5.41, 5.74) is 2.55. The zero-order valence-electron chi connectivity index (χ0n) is 12.8. The molecule has 0 radical (unpaired) electrons. The van der Waals surface area contributed by atoms with Crippen molar-refractivity contribution in [1.29, 1.82) is 0 Å². The summed E-state index contributed by atoms with van der Waals surface area (Å²) in [6.07, 6.45) is 1.21. The summed E-state index contributed by atoms with van der Waals surface area (Å²) in [6, 6.07) is 12.5. The van der Waals surface area contributed by atoms with E-state index in [4.69, 9.17) is 4.74 Å². The van der Waals surface area contributed by atoms with Crippen LogP contribution in [0.3, 0.4) is 0 Å². The van der Waals surface area contributed by atoms with Gasteiger partial charge < -0.3 is 4.74 Å². The molecule has 0 spiro atoms. The largest absolute Gasteiger partial charge is 0.375 e. The van der Waals surface area contributed by atoms with Crippen LogP contribution in [-0.2, 0) is 17.7 Å². The van der Waals surface area contributed by atoms with Gasteiger partial charge in [-0.1, -0.05) is 30.3 Å². The van der Waals surface area contributed by atoms with Crippen LogP contribution in [0.4, 0.5) is 0 Å².